The maximum absolute atomic E-state index is 13.9. The van der Waals surface area contributed by atoms with E-state index in [-0.39, 0.29) is 30.6 Å². The van der Waals surface area contributed by atoms with Crippen LogP contribution in [0.15, 0.2) is 48.5 Å². The van der Waals surface area contributed by atoms with Gasteiger partial charge < -0.3 is 10.2 Å². The molecule has 0 atom stereocenters. The van der Waals surface area contributed by atoms with Crippen molar-refractivity contribution in [3.8, 4) is 0 Å². The van der Waals surface area contributed by atoms with Crippen LogP contribution in [0.4, 0.5) is 4.39 Å². The van der Waals surface area contributed by atoms with Crippen LogP contribution in [0.25, 0.3) is 0 Å². The highest BCUT2D eigenvalue weighted by Crippen LogP contribution is 2.21. The van der Waals surface area contributed by atoms with Crippen molar-refractivity contribution in [2.75, 3.05) is 32.7 Å². The highest BCUT2D eigenvalue weighted by atomic mass is 35.5. The molecule has 2 aromatic carbocycles. The second-order valence-electron chi connectivity index (χ2n) is 6.80. The summed E-state index contributed by atoms with van der Waals surface area (Å²) < 4.78 is 13.9. The molecule has 1 saturated heterocycles. The van der Waals surface area contributed by atoms with Crippen molar-refractivity contribution in [3.05, 3.63) is 70.5 Å². The van der Waals surface area contributed by atoms with Crippen LogP contribution < -0.4 is 5.32 Å². The molecule has 0 unspecified atom stereocenters. The van der Waals surface area contributed by atoms with Gasteiger partial charge in [0.05, 0.1) is 13.0 Å². The smallest absolute Gasteiger partial charge is 0.242 e. The first kappa shape index (κ1) is 20.3. The summed E-state index contributed by atoms with van der Waals surface area (Å²) >= 11 is 6.09. The third-order valence-corrected chi connectivity index (χ3v) is 5.17. The monoisotopic (exact) mass is 403 g/mol. The van der Waals surface area contributed by atoms with Crippen LogP contribution in [0, 0.1) is 5.82 Å². The summed E-state index contributed by atoms with van der Waals surface area (Å²) in [5, 5.41) is 3.10. The number of hydrogen-bond acceptors (Lipinski definition) is 3. The molecule has 0 aliphatic carbocycles. The number of benzene rings is 2. The largest absolute Gasteiger partial charge is 0.347 e. The Hall–Kier alpha value is -2.44. The Morgan fingerprint density at radius 1 is 1.00 bits per heavy atom. The SMILES string of the molecule is O=C(Cc1ccccc1)NCC(=O)N1CCN(Cc2c(F)cccc2Cl)CC1. The topological polar surface area (TPSA) is 52.7 Å². The second kappa shape index (κ2) is 9.66. The number of piperazine rings is 1. The van der Waals surface area contributed by atoms with Gasteiger partial charge in [-0.15, -0.1) is 0 Å². The fourth-order valence-electron chi connectivity index (χ4n) is 3.19. The van der Waals surface area contributed by atoms with Gasteiger partial charge in [0.25, 0.3) is 0 Å². The summed E-state index contributed by atoms with van der Waals surface area (Å²) in [5.41, 5.74) is 1.39. The van der Waals surface area contributed by atoms with Crippen LogP contribution in [-0.2, 0) is 22.6 Å². The Balaban J connectivity index is 1.42. The van der Waals surface area contributed by atoms with Gasteiger partial charge in [-0.05, 0) is 17.7 Å². The highest BCUT2D eigenvalue weighted by molar-refractivity contribution is 6.31. The predicted octanol–water partition coefficient (Wildman–Crippen LogP) is 2.48. The van der Waals surface area contributed by atoms with E-state index in [1.807, 2.05) is 30.3 Å². The molecule has 28 heavy (non-hydrogen) atoms. The Morgan fingerprint density at radius 3 is 2.39 bits per heavy atom. The molecule has 1 heterocycles. The maximum atomic E-state index is 13.9. The Kier molecular flexibility index (Phi) is 7.01. The van der Waals surface area contributed by atoms with Gasteiger partial charge in [-0.1, -0.05) is 48.0 Å². The van der Waals surface area contributed by atoms with Crippen LogP contribution >= 0.6 is 11.6 Å². The number of carbonyl (C=O) groups excluding carboxylic acids is 2. The van der Waals surface area contributed by atoms with Crippen LogP contribution in [0.3, 0.4) is 0 Å². The molecule has 1 aliphatic heterocycles. The third kappa shape index (κ3) is 5.53. The number of halogens is 2. The van der Waals surface area contributed by atoms with Crippen molar-refractivity contribution in [2.24, 2.45) is 0 Å². The quantitative estimate of drug-likeness (QED) is 0.806. The minimum absolute atomic E-state index is 0.00912. The molecule has 0 spiro atoms. The van der Waals surface area contributed by atoms with Crippen molar-refractivity contribution in [1.29, 1.82) is 0 Å². The lowest BCUT2D eigenvalue weighted by Gasteiger charge is -2.35. The van der Waals surface area contributed by atoms with Gasteiger partial charge in [-0.25, -0.2) is 4.39 Å². The van der Waals surface area contributed by atoms with E-state index < -0.39 is 0 Å². The fourth-order valence-corrected chi connectivity index (χ4v) is 3.41. The molecule has 7 heteroatoms. The summed E-state index contributed by atoms with van der Waals surface area (Å²) in [7, 11) is 0. The van der Waals surface area contributed by atoms with E-state index in [0.29, 0.717) is 43.3 Å². The van der Waals surface area contributed by atoms with E-state index in [1.165, 1.54) is 6.07 Å². The van der Waals surface area contributed by atoms with Crippen LogP contribution in [0.1, 0.15) is 11.1 Å². The molecule has 1 fully saturated rings. The van der Waals surface area contributed by atoms with Gasteiger partial charge in [-0.3, -0.25) is 14.5 Å². The van der Waals surface area contributed by atoms with Crippen molar-refractivity contribution < 1.29 is 14.0 Å². The lowest BCUT2D eigenvalue weighted by molar-refractivity contribution is -0.134. The zero-order chi connectivity index (χ0) is 19.9. The van der Waals surface area contributed by atoms with Gasteiger partial charge >= 0.3 is 0 Å². The number of rotatable bonds is 6. The minimum atomic E-state index is -0.313. The Bertz CT molecular complexity index is 803. The molecule has 1 N–H and O–H groups in total. The highest BCUT2D eigenvalue weighted by Gasteiger charge is 2.22. The van der Waals surface area contributed by atoms with Gasteiger partial charge in [0.2, 0.25) is 11.8 Å². The molecule has 148 valence electrons. The number of amides is 2. The van der Waals surface area contributed by atoms with Crippen molar-refractivity contribution in [3.63, 3.8) is 0 Å². The van der Waals surface area contributed by atoms with Crippen LogP contribution in [0.5, 0.6) is 0 Å². The lowest BCUT2D eigenvalue weighted by atomic mass is 10.1. The predicted molar refractivity (Wildman–Crippen MR) is 106 cm³/mol. The number of nitrogens with one attached hydrogen (secondary N) is 1. The second-order valence-corrected chi connectivity index (χ2v) is 7.20. The Labute approximate surface area is 169 Å². The van der Waals surface area contributed by atoms with E-state index in [2.05, 4.69) is 10.2 Å². The molecule has 0 saturated carbocycles. The number of carbonyl (C=O) groups is 2. The molecule has 0 bridgehead atoms. The molecule has 3 rings (SSSR count). The fraction of sp³-hybridized carbons (Fsp3) is 0.333. The summed E-state index contributed by atoms with van der Waals surface area (Å²) in [5.74, 6) is -0.593. The van der Waals surface area contributed by atoms with E-state index in [4.69, 9.17) is 11.6 Å². The van der Waals surface area contributed by atoms with Crippen LogP contribution in [-0.4, -0.2) is 54.3 Å². The first-order chi connectivity index (χ1) is 13.5. The molecule has 5 nitrogen and oxygen atoms in total. The zero-order valence-electron chi connectivity index (χ0n) is 15.5. The minimum Gasteiger partial charge on any atom is -0.347 e. The molecule has 1 aliphatic rings. The summed E-state index contributed by atoms with van der Waals surface area (Å²) in [6.45, 7) is 2.76. The summed E-state index contributed by atoms with van der Waals surface area (Å²) in [6.07, 6.45) is 0.255. The van der Waals surface area contributed by atoms with E-state index in [0.717, 1.165) is 5.56 Å². The molecule has 0 radical (unpaired) electrons. The van der Waals surface area contributed by atoms with Crippen molar-refractivity contribution in [2.45, 2.75) is 13.0 Å². The summed E-state index contributed by atoms with van der Waals surface area (Å²) in [6, 6.07) is 14.1. The standard InChI is InChI=1S/C21H23ClFN3O2/c22-18-7-4-8-19(23)17(18)15-25-9-11-26(12-10-25)21(28)14-24-20(27)13-16-5-2-1-3-6-16/h1-8H,9-15H2,(H,24,27). The molecule has 0 aromatic heterocycles. The lowest BCUT2D eigenvalue weighted by Crippen LogP contribution is -2.51. The van der Waals surface area contributed by atoms with E-state index >= 15 is 0 Å². The summed E-state index contributed by atoms with van der Waals surface area (Å²) in [4.78, 5) is 28.1. The number of hydrogen-bond donors (Lipinski definition) is 1. The van der Waals surface area contributed by atoms with Gasteiger partial charge in [0.1, 0.15) is 5.82 Å². The van der Waals surface area contributed by atoms with E-state index in [1.54, 1.807) is 17.0 Å². The van der Waals surface area contributed by atoms with Crippen LogP contribution in [0.2, 0.25) is 5.02 Å². The zero-order valence-corrected chi connectivity index (χ0v) is 16.3. The van der Waals surface area contributed by atoms with Gasteiger partial charge in [0.15, 0.2) is 0 Å². The molecular formula is C21H23ClFN3O2. The average molecular weight is 404 g/mol. The first-order valence-electron chi connectivity index (χ1n) is 9.26. The maximum Gasteiger partial charge on any atom is 0.242 e. The van der Waals surface area contributed by atoms with E-state index in [9.17, 15) is 14.0 Å². The Morgan fingerprint density at radius 2 is 1.71 bits per heavy atom. The third-order valence-electron chi connectivity index (χ3n) is 4.81. The van der Waals surface area contributed by atoms with Gasteiger partial charge in [0, 0.05) is 43.3 Å². The molecule has 2 aromatic rings. The average Bonchev–Trinajstić information content (AvgIpc) is 2.70. The molecular weight excluding hydrogens is 381 g/mol. The normalized spacial score (nSPS) is 14.7. The number of nitrogens with zero attached hydrogens (tertiary/aromatic N) is 2. The first-order valence-corrected chi connectivity index (χ1v) is 9.64. The molecule has 2 amide bonds. The van der Waals surface area contributed by atoms with Crippen molar-refractivity contribution in [1.82, 2.24) is 15.1 Å². The van der Waals surface area contributed by atoms with Gasteiger partial charge in [-0.2, -0.15) is 0 Å². The van der Waals surface area contributed by atoms with Crippen molar-refractivity contribution >= 4 is 23.4 Å².